The summed E-state index contributed by atoms with van der Waals surface area (Å²) in [6.45, 7) is 0.566. The average Bonchev–Trinajstić information content (AvgIpc) is 3.53. The summed E-state index contributed by atoms with van der Waals surface area (Å²) in [6.07, 6.45) is 1.91. The van der Waals surface area contributed by atoms with E-state index in [2.05, 4.69) is 0 Å². The van der Waals surface area contributed by atoms with E-state index in [0.717, 1.165) is 33.5 Å². The minimum atomic E-state index is -3.87. The van der Waals surface area contributed by atoms with Gasteiger partial charge in [-0.05, 0) is 48.7 Å². The lowest BCUT2D eigenvalue weighted by atomic mass is 10.0. The van der Waals surface area contributed by atoms with Crippen molar-refractivity contribution in [3.63, 3.8) is 0 Å². The van der Waals surface area contributed by atoms with E-state index in [4.69, 9.17) is 21.3 Å². The molecule has 0 N–H and O–H groups in total. The van der Waals surface area contributed by atoms with Crippen LogP contribution in [-0.4, -0.2) is 43.3 Å². The van der Waals surface area contributed by atoms with Gasteiger partial charge in [-0.25, -0.2) is 13.4 Å². The maximum atomic E-state index is 14.1. The van der Waals surface area contributed by atoms with Crippen molar-refractivity contribution in [2.75, 3.05) is 18.6 Å². The van der Waals surface area contributed by atoms with Crippen molar-refractivity contribution in [3.8, 4) is 5.75 Å². The number of ether oxygens (including phenoxy) is 1. The van der Waals surface area contributed by atoms with Crippen LogP contribution in [0.1, 0.15) is 24.8 Å². The van der Waals surface area contributed by atoms with Crippen molar-refractivity contribution in [1.29, 1.82) is 0 Å². The topological polar surface area (TPSA) is 79.8 Å². The van der Waals surface area contributed by atoms with Gasteiger partial charge in [0.15, 0.2) is 5.13 Å². The van der Waals surface area contributed by atoms with Crippen LogP contribution < -0.4 is 9.64 Å². The molecular formula is C25H24ClN3O4S3. The van der Waals surface area contributed by atoms with E-state index in [0.29, 0.717) is 28.1 Å². The lowest BCUT2D eigenvalue weighted by molar-refractivity contribution is -0.123. The fourth-order valence-electron chi connectivity index (χ4n) is 4.31. The molecule has 2 aromatic carbocycles. The van der Waals surface area contributed by atoms with Crippen LogP contribution in [0.25, 0.3) is 10.2 Å². The van der Waals surface area contributed by atoms with Crippen LogP contribution in [0.3, 0.4) is 0 Å². The first-order valence-electron chi connectivity index (χ1n) is 11.4. The van der Waals surface area contributed by atoms with Crippen molar-refractivity contribution in [2.45, 2.75) is 36.1 Å². The summed E-state index contributed by atoms with van der Waals surface area (Å²) in [4.78, 5) is 20.5. The van der Waals surface area contributed by atoms with Crippen LogP contribution >= 0.6 is 34.3 Å². The van der Waals surface area contributed by atoms with Crippen LogP contribution in [0.15, 0.2) is 64.9 Å². The molecule has 4 aromatic rings. The zero-order valence-corrected chi connectivity index (χ0v) is 22.7. The largest absolute Gasteiger partial charge is 0.497 e. The maximum absolute atomic E-state index is 14.1. The third-order valence-corrected chi connectivity index (χ3v) is 10.8. The number of thiazole rings is 1. The zero-order valence-electron chi connectivity index (χ0n) is 19.5. The average molecular weight is 562 g/mol. The smallest absolute Gasteiger partial charge is 0.253 e. The first kappa shape index (κ1) is 25.2. The number of sulfonamides is 1. The number of thiophene rings is 1. The van der Waals surface area contributed by atoms with Gasteiger partial charge >= 0.3 is 0 Å². The zero-order chi connectivity index (χ0) is 25.3. The highest BCUT2D eigenvalue weighted by Gasteiger charge is 2.41. The number of carbonyl (C=O) groups excluding carboxylic acids is 1. The highest BCUT2D eigenvalue weighted by atomic mass is 35.5. The van der Waals surface area contributed by atoms with Gasteiger partial charge in [0.25, 0.3) is 10.0 Å². The van der Waals surface area contributed by atoms with Crippen LogP contribution in [0.2, 0.25) is 4.34 Å². The first-order chi connectivity index (χ1) is 17.4. The molecule has 1 amide bonds. The third kappa shape index (κ3) is 5.01. The van der Waals surface area contributed by atoms with E-state index >= 15 is 0 Å². The Morgan fingerprint density at radius 1 is 1.14 bits per heavy atom. The van der Waals surface area contributed by atoms with Gasteiger partial charge in [0.2, 0.25) is 5.91 Å². The molecule has 0 saturated carbocycles. The number of methoxy groups -OCH3 is 1. The number of nitrogens with zero attached hydrogens (tertiary/aromatic N) is 3. The van der Waals surface area contributed by atoms with E-state index in [1.807, 2.05) is 48.5 Å². The summed E-state index contributed by atoms with van der Waals surface area (Å²) in [5.41, 5.74) is 1.68. The predicted octanol–water partition coefficient (Wildman–Crippen LogP) is 5.80. The van der Waals surface area contributed by atoms with E-state index < -0.39 is 16.1 Å². The number of amides is 1. The normalized spacial score (nSPS) is 16.8. The molecule has 5 rings (SSSR count). The van der Waals surface area contributed by atoms with E-state index in [-0.39, 0.29) is 23.2 Å². The second-order valence-corrected chi connectivity index (χ2v) is 13.3. The molecule has 0 aliphatic carbocycles. The molecular weight excluding hydrogens is 538 g/mol. The number of aromatic nitrogens is 1. The van der Waals surface area contributed by atoms with E-state index in [1.165, 1.54) is 21.7 Å². The summed E-state index contributed by atoms with van der Waals surface area (Å²) in [5, 5.41) is 0.522. The fraction of sp³-hybridized carbons (Fsp3) is 0.280. The van der Waals surface area contributed by atoms with Crippen molar-refractivity contribution < 1.29 is 17.9 Å². The minimum absolute atomic E-state index is 0.147. The Bertz CT molecular complexity index is 1490. The second-order valence-electron chi connectivity index (χ2n) is 8.43. The molecule has 7 nitrogen and oxygen atoms in total. The fourth-order valence-corrected chi connectivity index (χ4v) is 8.57. The summed E-state index contributed by atoms with van der Waals surface area (Å²) in [7, 11) is -2.27. The standard InChI is InChI=1S/C25H24ClN3O4S3/c1-33-18-10-11-19-21(15-18)34-25(27-19)28(16-17-7-3-2-4-8-17)24(30)20-9-5-6-14-29(20)36(31,32)23-13-12-22(26)35-23/h2-4,7-8,10-13,15,20H,5-6,9,14,16H2,1H3. The molecule has 1 fully saturated rings. The van der Waals surface area contributed by atoms with Gasteiger partial charge in [-0.2, -0.15) is 4.31 Å². The molecule has 1 saturated heterocycles. The maximum Gasteiger partial charge on any atom is 0.253 e. The van der Waals surface area contributed by atoms with Crippen molar-refractivity contribution in [2.24, 2.45) is 0 Å². The lowest BCUT2D eigenvalue weighted by Crippen LogP contribution is -2.52. The molecule has 0 spiro atoms. The van der Waals surface area contributed by atoms with Crippen LogP contribution in [0.4, 0.5) is 5.13 Å². The number of benzene rings is 2. The van der Waals surface area contributed by atoms with Gasteiger partial charge in [-0.15, -0.1) is 11.3 Å². The lowest BCUT2D eigenvalue weighted by Gasteiger charge is -2.35. The molecule has 0 bridgehead atoms. The number of hydrogen-bond donors (Lipinski definition) is 0. The summed E-state index contributed by atoms with van der Waals surface area (Å²) >= 11 is 8.42. The Morgan fingerprint density at radius 2 is 1.94 bits per heavy atom. The molecule has 36 heavy (non-hydrogen) atoms. The van der Waals surface area contributed by atoms with Crippen LogP contribution in [-0.2, 0) is 21.4 Å². The Hall–Kier alpha value is -2.50. The van der Waals surface area contributed by atoms with Gasteiger partial charge in [0.1, 0.15) is 16.0 Å². The molecule has 1 aliphatic rings. The van der Waals surface area contributed by atoms with Crippen LogP contribution in [0.5, 0.6) is 5.75 Å². The van der Waals surface area contributed by atoms with Crippen molar-refractivity contribution in [1.82, 2.24) is 9.29 Å². The van der Waals surface area contributed by atoms with Gasteiger partial charge in [-0.1, -0.05) is 59.7 Å². The summed E-state index contributed by atoms with van der Waals surface area (Å²) < 4.78 is 35.2. The van der Waals surface area contributed by atoms with Gasteiger partial charge in [-0.3, -0.25) is 9.69 Å². The number of fused-ring (bicyclic) bond motifs is 1. The van der Waals surface area contributed by atoms with Crippen molar-refractivity contribution >= 4 is 65.6 Å². The Labute approximate surface area is 223 Å². The van der Waals surface area contributed by atoms with Gasteiger partial charge in [0, 0.05) is 6.54 Å². The highest BCUT2D eigenvalue weighted by Crippen LogP contribution is 2.36. The first-order valence-corrected chi connectivity index (χ1v) is 14.9. The Morgan fingerprint density at radius 3 is 2.67 bits per heavy atom. The Kier molecular flexibility index (Phi) is 7.32. The van der Waals surface area contributed by atoms with Crippen molar-refractivity contribution in [3.05, 3.63) is 70.6 Å². The highest BCUT2D eigenvalue weighted by molar-refractivity contribution is 7.91. The number of anilines is 1. The molecule has 1 atom stereocenters. The van der Waals surface area contributed by atoms with Crippen LogP contribution in [0, 0.1) is 0 Å². The number of halogens is 1. The second kappa shape index (κ2) is 10.5. The Balaban J connectivity index is 1.54. The molecule has 0 radical (unpaired) electrons. The van der Waals surface area contributed by atoms with E-state index in [1.54, 1.807) is 18.1 Å². The quantitative estimate of drug-likeness (QED) is 0.285. The molecule has 1 unspecified atom stereocenters. The number of piperidine rings is 1. The minimum Gasteiger partial charge on any atom is -0.497 e. The molecule has 3 heterocycles. The number of hydrogen-bond acceptors (Lipinski definition) is 7. The SMILES string of the molecule is COc1ccc2nc(N(Cc3ccccc3)C(=O)C3CCCCN3S(=O)(=O)c3ccc(Cl)s3)sc2c1. The molecule has 1 aliphatic heterocycles. The summed E-state index contributed by atoms with van der Waals surface area (Å²) in [6, 6.07) is 17.5. The summed E-state index contributed by atoms with van der Waals surface area (Å²) in [5.74, 6) is 0.425. The third-order valence-electron chi connectivity index (χ3n) is 6.12. The molecule has 11 heteroatoms. The number of carbonyl (C=O) groups is 1. The predicted molar refractivity (Wildman–Crippen MR) is 145 cm³/mol. The number of rotatable bonds is 7. The van der Waals surface area contributed by atoms with Gasteiger partial charge in [0.05, 0.1) is 28.2 Å². The van der Waals surface area contributed by atoms with E-state index in [9.17, 15) is 13.2 Å². The molecule has 2 aromatic heterocycles. The van der Waals surface area contributed by atoms with Gasteiger partial charge < -0.3 is 4.74 Å². The molecule has 188 valence electrons. The monoisotopic (exact) mass is 561 g/mol.